The SMILES string of the molecule is C/C(=C/Sc1sc([N+](=O)[O-])cc1[N+](=O)[O-])n1c(C(=O)c2ccc(Br)cc2)noc1=O. The van der Waals surface area contributed by atoms with E-state index in [0.29, 0.717) is 11.3 Å². The fourth-order valence-electron chi connectivity index (χ4n) is 2.28. The molecule has 14 heteroatoms. The number of allylic oxidation sites excluding steroid dienone is 1. The lowest BCUT2D eigenvalue weighted by atomic mass is 10.1. The van der Waals surface area contributed by atoms with Gasteiger partial charge in [0.1, 0.15) is 10.3 Å². The minimum absolute atomic E-state index is 0.0522. The van der Waals surface area contributed by atoms with Crippen LogP contribution in [-0.4, -0.2) is 25.4 Å². The zero-order valence-corrected chi connectivity index (χ0v) is 18.0. The Bertz CT molecular complexity index is 1240. The summed E-state index contributed by atoms with van der Waals surface area (Å²) in [5.41, 5.74) is 0.0341. The van der Waals surface area contributed by atoms with Crippen molar-refractivity contribution in [2.75, 3.05) is 0 Å². The van der Waals surface area contributed by atoms with Crippen LogP contribution in [0.15, 0.2) is 53.7 Å². The second-order valence-electron chi connectivity index (χ2n) is 5.59. The van der Waals surface area contributed by atoms with Crippen LogP contribution in [0.25, 0.3) is 5.70 Å². The van der Waals surface area contributed by atoms with E-state index in [-0.39, 0.29) is 26.3 Å². The number of carbonyl (C=O) groups is 1. The van der Waals surface area contributed by atoms with Crippen molar-refractivity contribution in [3.05, 3.63) is 82.4 Å². The van der Waals surface area contributed by atoms with Gasteiger partial charge in [-0.25, -0.2) is 9.36 Å². The number of hydrogen-bond acceptors (Lipinski definition) is 10. The number of thiophene rings is 1. The fourth-order valence-corrected chi connectivity index (χ4v) is 4.45. The third kappa shape index (κ3) is 4.39. The van der Waals surface area contributed by atoms with Crippen LogP contribution in [0.4, 0.5) is 10.7 Å². The first-order valence-corrected chi connectivity index (χ1v) is 10.3. The maximum Gasteiger partial charge on any atom is 0.446 e. The second kappa shape index (κ2) is 8.73. The normalized spacial score (nSPS) is 11.5. The predicted octanol–water partition coefficient (Wildman–Crippen LogP) is 4.32. The molecule has 2 aromatic heterocycles. The Morgan fingerprint density at radius 2 is 1.93 bits per heavy atom. The predicted molar refractivity (Wildman–Crippen MR) is 112 cm³/mol. The minimum atomic E-state index is -0.920. The third-order valence-electron chi connectivity index (χ3n) is 3.65. The molecule has 0 N–H and O–H groups in total. The summed E-state index contributed by atoms with van der Waals surface area (Å²) in [7, 11) is 0. The number of benzene rings is 1. The zero-order chi connectivity index (χ0) is 22.0. The monoisotopic (exact) mass is 512 g/mol. The summed E-state index contributed by atoms with van der Waals surface area (Å²) in [6.07, 6.45) is 0. The van der Waals surface area contributed by atoms with Crippen molar-refractivity contribution in [2.24, 2.45) is 0 Å². The molecule has 1 aromatic carbocycles. The zero-order valence-electron chi connectivity index (χ0n) is 14.8. The number of aromatic nitrogens is 2. The molecule has 3 rings (SSSR count). The highest BCUT2D eigenvalue weighted by Gasteiger charge is 2.26. The highest BCUT2D eigenvalue weighted by atomic mass is 79.9. The number of halogens is 1. The van der Waals surface area contributed by atoms with Crippen molar-refractivity contribution in [2.45, 2.75) is 11.1 Å². The van der Waals surface area contributed by atoms with E-state index in [9.17, 15) is 29.8 Å². The third-order valence-corrected chi connectivity index (χ3v) is 6.47. The average Bonchev–Trinajstić information content (AvgIpc) is 3.30. The van der Waals surface area contributed by atoms with E-state index in [1.807, 2.05) is 0 Å². The molecule has 0 radical (unpaired) electrons. The van der Waals surface area contributed by atoms with Crippen LogP contribution in [0.3, 0.4) is 0 Å². The van der Waals surface area contributed by atoms with E-state index < -0.39 is 27.1 Å². The number of hydrogen-bond donors (Lipinski definition) is 0. The topological polar surface area (TPSA) is 151 Å². The van der Waals surface area contributed by atoms with Crippen LogP contribution in [0.2, 0.25) is 0 Å². The Kier molecular flexibility index (Phi) is 6.28. The van der Waals surface area contributed by atoms with Crippen LogP contribution < -0.4 is 5.76 Å². The summed E-state index contributed by atoms with van der Waals surface area (Å²) in [6, 6.07) is 7.24. The largest absolute Gasteiger partial charge is 0.446 e. The van der Waals surface area contributed by atoms with E-state index in [4.69, 9.17) is 0 Å². The molecule has 0 aliphatic rings. The van der Waals surface area contributed by atoms with Gasteiger partial charge in [-0.2, -0.15) is 0 Å². The molecule has 3 aromatic rings. The van der Waals surface area contributed by atoms with Gasteiger partial charge in [0.05, 0.1) is 9.85 Å². The quantitative estimate of drug-likeness (QED) is 0.195. The number of ketones is 1. The van der Waals surface area contributed by atoms with Gasteiger partial charge in [0.2, 0.25) is 11.6 Å². The molecule has 2 heterocycles. The molecule has 11 nitrogen and oxygen atoms in total. The molecule has 0 atom stereocenters. The summed E-state index contributed by atoms with van der Waals surface area (Å²) in [5, 5.41) is 26.5. The number of rotatable bonds is 7. The molecular formula is C16H9BrN4O7S2. The van der Waals surface area contributed by atoms with Gasteiger partial charge in [-0.15, -0.1) is 0 Å². The minimum Gasteiger partial charge on any atom is -0.295 e. The summed E-state index contributed by atoms with van der Waals surface area (Å²) in [6.45, 7) is 1.47. The summed E-state index contributed by atoms with van der Waals surface area (Å²) >= 11 is 4.70. The first kappa shape index (κ1) is 21.6. The van der Waals surface area contributed by atoms with Gasteiger partial charge in [0.15, 0.2) is 0 Å². The molecule has 0 spiro atoms. The molecule has 0 aliphatic carbocycles. The molecule has 0 fully saturated rings. The van der Waals surface area contributed by atoms with Crippen molar-refractivity contribution >= 4 is 61.2 Å². The highest BCUT2D eigenvalue weighted by molar-refractivity contribution is 9.10. The lowest BCUT2D eigenvalue weighted by Crippen LogP contribution is -2.18. The first-order valence-electron chi connectivity index (χ1n) is 7.84. The summed E-state index contributed by atoms with van der Waals surface area (Å²) in [5.74, 6) is -1.76. The van der Waals surface area contributed by atoms with Gasteiger partial charge in [-0.1, -0.05) is 32.8 Å². The average molecular weight is 513 g/mol. The lowest BCUT2D eigenvalue weighted by Gasteiger charge is -2.04. The standard InChI is InChI=1S/C16H9BrN4O7S2/c1-8(7-29-15-11(20(24)25)6-12(30-15)21(26)27)19-14(18-28-16(19)23)13(22)9-2-4-10(17)5-3-9/h2-7H,1H3/b8-7-. The van der Waals surface area contributed by atoms with E-state index in [1.165, 1.54) is 24.5 Å². The Morgan fingerprint density at radius 3 is 2.53 bits per heavy atom. The molecule has 0 aliphatic heterocycles. The van der Waals surface area contributed by atoms with Gasteiger partial charge < -0.3 is 0 Å². The van der Waals surface area contributed by atoms with Crippen molar-refractivity contribution in [3.63, 3.8) is 0 Å². The Morgan fingerprint density at radius 1 is 1.27 bits per heavy atom. The maximum absolute atomic E-state index is 12.7. The molecule has 0 bridgehead atoms. The van der Waals surface area contributed by atoms with Crippen molar-refractivity contribution in [1.29, 1.82) is 0 Å². The van der Waals surface area contributed by atoms with Gasteiger partial charge in [-0.3, -0.25) is 29.5 Å². The molecule has 0 unspecified atom stereocenters. The van der Waals surface area contributed by atoms with E-state index in [2.05, 4.69) is 25.6 Å². The Labute approximate surface area is 183 Å². The number of nitrogens with zero attached hydrogens (tertiary/aromatic N) is 4. The second-order valence-corrected chi connectivity index (χ2v) is 8.68. The number of nitro groups is 2. The van der Waals surface area contributed by atoms with Gasteiger partial charge in [0, 0.05) is 15.7 Å². The first-order chi connectivity index (χ1) is 14.2. The number of carbonyl (C=O) groups excluding carboxylic acids is 1. The van der Waals surface area contributed by atoms with E-state index in [0.717, 1.165) is 26.9 Å². The van der Waals surface area contributed by atoms with Gasteiger partial charge in [0.25, 0.3) is 0 Å². The van der Waals surface area contributed by atoms with Crippen LogP contribution in [0.1, 0.15) is 23.1 Å². The molecule has 0 saturated carbocycles. The van der Waals surface area contributed by atoms with Crippen LogP contribution in [0, 0.1) is 20.2 Å². The molecule has 30 heavy (non-hydrogen) atoms. The van der Waals surface area contributed by atoms with Gasteiger partial charge in [-0.05, 0) is 47.9 Å². The smallest absolute Gasteiger partial charge is 0.295 e. The number of thioether (sulfide) groups is 1. The maximum atomic E-state index is 12.7. The summed E-state index contributed by atoms with van der Waals surface area (Å²) < 4.78 is 6.35. The van der Waals surface area contributed by atoms with E-state index in [1.54, 1.807) is 12.1 Å². The van der Waals surface area contributed by atoms with Crippen LogP contribution in [0.5, 0.6) is 0 Å². The van der Waals surface area contributed by atoms with Crippen LogP contribution >= 0.6 is 39.0 Å². The molecule has 154 valence electrons. The molecule has 0 saturated heterocycles. The Hall–Kier alpha value is -3.10. The summed E-state index contributed by atoms with van der Waals surface area (Å²) in [4.78, 5) is 45.4. The van der Waals surface area contributed by atoms with E-state index >= 15 is 0 Å². The van der Waals surface area contributed by atoms with Crippen molar-refractivity contribution in [3.8, 4) is 0 Å². The van der Waals surface area contributed by atoms with Crippen LogP contribution in [-0.2, 0) is 0 Å². The van der Waals surface area contributed by atoms with Crippen molar-refractivity contribution < 1.29 is 19.2 Å². The lowest BCUT2D eigenvalue weighted by molar-refractivity contribution is -0.391. The highest BCUT2D eigenvalue weighted by Crippen LogP contribution is 2.42. The molecular weight excluding hydrogens is 504 g/mol. The van der Waals surface area contributed by atoms with Gasteiger partial charge >= 0.3 is 16.4 Å². The Balaban J connectivity index is 1.95. The fraction of sp³-hybridized carbons (Fsp3) is 0.0625. The molecule has 0 amide bonds. The van der Waals surface area contributed by atoms with Crippen molar-refractivity contribution in [1.82, 2.24) is 9.72 Å².